The largest absolute Gasteiger partial charge is 0.493 e. The van der Waals surface area contributed by atoms with E-state index in [0.717, 1.165) is 68.3 Å². The molecular weight excluding hydrogens is 340 g/mol. The van der Waals surface area contributed by atoms with Gasteiger partial charge in [-0.2, -0.15) is 0 Å². The fourth-order valence-corrected chi connectivity index (χ4v) is 3.87. The van der Waals surface area contributed by atoms with Gasteiger partial charge in [0, 0.05) is 36.8 Å². The lowest BCUT2D eigenvalue weighted by molar-refractivity contribution is -0.0402. The summed E-state index contributed by atoms with van der Waals surface area (Å²) in [7, 11) is 1.67. The first kappa shape index (κ1) is 18.8. The molecule has 2 aliphatic heterocycles. The maximum Gasteiger partial charge on any atom is 0.162 e. The molecular formula is C19H29ClN2O3. The topological polar surface area (TPSA) is 45.2 Å². The summed E-state index contributed by atoms with van der Waals surface area (Å²) in [5.74, 6) is 1.46. The van der Waals surface area contributed by atoms with Gasteiger partial charge >= 0.3 is 0 Å². The number of rotatable bonds is 7. The smallest absolute Gasteiger partial charge is 0.162 e. The van der Waals surface area contributed by atoms with Gasteiger partial charge in [-0.3, -0.25) is 9.80 Å². The van der Waals surface area contributed by atoms with Crippen LogP contribution in [-0.4, -0.2) is 66.9 Å². The zero-order valence-electron chi connectivity index (χ0n) is 15.2. The molecule has 0 spiro atoms. The Morgan fingerprint density at radius 2 is 1.92 bits per heavy atom. The quantitative estimate of drug-likeness (QED) is 0.801. The van der Waals surface area contributed by atoms with Gasteiger partial charge in [-0.25, -0.2) is 0 Å². The molecule has 3 rings (SSSR count). The van der Waals surface area contributed by atoms with Crippen LogP contribution in [0.1, 0.15) is 31.7 Å². The molecule has 0 saturated carbocycles. The van der Waals surface area contributed by atoms with Crippen LogP contribution in [0.5, 0.6) is 11.5 Å². The number of benzene rings is 1. The Kier molecular flexibility index (Phi) is 6.44. The molecule has 0 unspecified atom stereocenters. The Morgan fingerprint density at radius 1 is 1.20 bits per heavy atom. The molecule has 2 aliphatic rings. The standard InChI is InChI=1S/C19H29ClN2O3/c1-3-8-25-19-10-17(20)14(9-18(19)24-2)11-21-6-4-15(5-7-21)22-12-16(23)13-22/h9-10,15-16,23H,3-8,11-13H2,1-2H3. The van der Waals surface area contributed by atoms with Crippen molar-refractivity contribution in [3.63, 3.8) is 0 Å². The Bertz CT molecular complexity index is 570. The first-order chi connectivity index (χ1) is 12.1. The van der Waals surface area contributed by atoms with Gasteiger partial charge in [0.2, 0.25) is 0 Å². The number of aliphatic hydroxyl groups excluding tert-OH is 1. The van der Waals surface area contributed by atoms with Crippen LogP contribution in [-0.2, 0) is 6.54 Å². The Labute approximate surface area is 155 Å². The average molecular weight is 369 g/mol. The molecule has 0 radical (unpaired) electrons. The minimum atomic E-state index is -0.113. The van der Waals surface area contributed by atoms with Crippen molar-refractivity contribution in [1.82, 2.24) is 9.80 Å². The van der Waals surface area contributed by atoms with E-state index in [1.807, 2.05) is 12.1 Å². The summed E-state index contributed by atoms with van der Waals surface area (Å²) in [6.07, 6.45) is 3.14. The first-order valence-corrected chi connectivity index (χ1v) is 9.62. The summed E-state index contributed by atoms with van der Waals surface area (Å²) in [5, 5.41) is 10.2. The summed E-state index contributed by atoms with van der Waals surface area (Å²) in [4.78, 5) is 4.85. The van der Waals surface area contributed by atoms with Crippen LogP contribution >= 0.6 is 11.6 Å². The van der Waals surface area contributed by atoms with Crippen molar-refractivity contribution in [3.05, 3.63) is 22.7 Å². The second-order valence-electron chi connectivity index (χ2n) is 7.06. The van der Waals surface area contributed by atoms with Gasteiger partial charge in [0.1, 0.15) is 0 Å². The highest BCUT2D eigenvalue weighted by Gasteiger charge is 2.32. The number of aliphatic hydroxyl groups is 1. The third kappa shape index (κ3) is 4.59. The van der Waals surface area contributed by atoms with Gasteiger partial charge in [-0.15, -0.1) is 0 Å². The van der Waals surface area contributed by atoms with E-state index in [1.54, 1.807) is 7.11 Å². The van der Waals surface area contributed by atoms with Gasteiger partial charge in [-0.1, -0.05) is 18.5 Å². The van der Waals surface area contributed by atoms with E-state index in [9.17, 15) is 5.11 Å². The van der Waals surface area contributed by atoms with Crippen LogP contribution in [0, 0.1) is 0 Å². The Morgan fingerprint density at radius 3 is 2.52 bits per heavy atom. The maximum atomic E-state index is 9.46. The Balaban J connectivity index is 1.57. The van der Waals surface area contributed by atoms with E-state index in [-0.39, 0.29) is 6.10 Å². The summed E-state index contributed by atoms with van der Waals surface area (Å²) < 4.78 is 11.2. The second kappa shape index (κ2) is 8.58. The minimum absolute atomic E-state index is 0.113. The molecule has 0 amide bonds. The van der Waals surface area contributed by atoms with Gasteiger partial charge in [0.05, 0.1) is 19.8 Å². The fraction of sp³-hybridized carbons (Fsp3) is 0.684. The second-order valence-corrected chi connectivity index (χ2v) is 7.47. The number of nitrogens with zero attached hydrogens (tertiary/aromatic N) is 2. The van der Waals surface area contributed by atoms with Crippen molar-refractivity contribution in [3.8, 4) is 11.5 Å². The minimum Gasteiger partial charge on any atom is -0.493 e. The monoisotopic (exact) mass is 368 g/mol. The number of hydrogen-bond acceptors (Lipinski definition) is 5. The molecule has 1 N–H and O–H groups in total. The highest BCUT2D eigenvalue weighted by Crippen LogP contribution is 2.34. The average Bonchev–Trinajstić information content (AvgIpc) is 2.60. The van der Waals surface area contributed by atoms with Crippen molar-refractivity contribution in [2.75, 3.05) is 39.9 Å². The predicted octanol–water partition coefficient (Wildman–Crippen LogP) is 2.78. The van der Waals surface area contributed by atoms with Crippen molar-refractivity contribution >= 4 is 11.6 Å². The van der Waals surface area contributed by atoms with Crippen LogP contribution in [0.25, 0.3) is 0 Å². The molecule has 2 saturated heterocycles. The van der Waals surface area contributed by atoms with Crippen LogP contribution in [0.4, 0.5) is 0 Å². The highest BCUT2D eigenvalue weighted by atomic mass is 35.5. The van der Waals surface area contributed by atoms with Gasteiger partial charge in [-0.05, 0) is 44.0 Å². The predicted molar refractivity (Wildman–Crippen MR) is 99.7 cm³/mol. The molecule has 2 heterocycles. The molecule has 0 bridgehead atoms. The number of hydrogen-bond donors (Lipinski definition) is 1. The van der Waals surface area contributed by atoms with Gasteiger partial charge in [0.25, 0.3) is 0 Å². The molecule has 25 heavy (non-hydrogen) atoms. The zero-order chi connectivity index (χ0) is 17.8. The summed E-state index contributed by atoms with van der Waals surface area (Å²) >= 11 is 6.49. The zero-order valence-corrected chi connectivity index (χ0v) is 16.0. The molecule has 5 nitrogen and oxygen atoms in total. The van der Waals surface area contributed by atoms with Gasteiger partial charge in [0.15, 0.2) is 11.5 Å². The van der Waals surface area contributed by atoms with Crippen LogP contribution in [0.3, 0.4) is 0 Å². The van der Waals surface area contributed by atoms with E-state index in [2.05, 4.69) is 16.7 Å². The number of β-amino-alcohol motifs (C(OH)–C–C–N with tert-alkyl or cyclic N) is 1. The maximum absolute atomic E-state index is 9.46. The summed E-state index contributed by atoms with van der Waals surface area (Å²) in [6, 6.07) is 4.50. The van der Waals surface area contributed by atoms with Crippen molar-refractivity contribution in [2.24, 2.45) is 0 Å². The normalized spacial score (nSPS) is 20.5. The van der Waals surface area contributed by atoms with Crippen LogP contribution < -0.4 is 9.47 Å². The van der Waals surface area contributed by atoms with Crippen LogP contribution in [0.2, 0.25) is 5.02 Å². The van der Waals surface area contributed by atoms with Crippen molar-refractivity contribution < 1.29 is 14.6 Å². The number of piperidine rings is 1. The molecule has 2 fully saturated rings. The number of methoxy groups -OCH3 is 1. The van der Waals surface area contributed by atoms with Crippen molar-refractivity contribution in [1.29, 1.82) is 0 Å². The molecule has 0 atom stereocenters. The number of halogens is 1. The molecule has 0 aliphatic carbocycles. The number of likely N-dealkylation sites (tertiary alicyclic amines) is 2. The lowest BCUT2D eigenvalue weighted by Gasteiger charge is -2.45. The van der Waals surface area contributed by atoms with Crippen LogP contribution in [0.15, 0.2) is 12.1 Å². The summed E-state index contributed by atoms with van der Waals surface area (Å²) in [6.45, 7) is 7.37. The van der Waals surface area contributed by atoms with Gasteiger partial charge < -0.3 is 14.6 Å². The molecule has 140 valence electrons. The SMILES string of the molecule is CCCOc1cc(Cl)c(CN2CCC(N3CC(O)C3)CC2)cc1OC. The lowest BCUT2D eigenvalue weighted by Crippen LogP contribution is -2.57. The molecule has 6 heteroatoms. The van der Waals surface area contributed by atoms with E-state index in [0.29, 0.717) is 18.4 Å². The third-order valence-electron chi connectivity index (χ3n) is 5.15. The lowest BCUT2D eigenvalue weighted by atomic mass is 9.98. The summed E-state index contributed by atoms with van der Waals surface area (Å²) in [5.41, 5.74) is 1.08. The van der Waals surface area contributed by atoms with E-state index >= 15 is 0 Å². The highest BCUT2D eigenvalue weighted by molar-refractivity contribution is 6.31. The van der Waals surface area contributed by atoms with Crippen molar-refractivity contribution in [2.45, 2.75) is 44.9 Å². The number of ether oxygens (including phenoxy) is 2. The van der Waals surface area contributed by atoms with E-state index in [4.69, 9.17) is 21.1 Å². The Hall–Kier alpha value is -1.01. The first-order valence-electron chi connectivity index (χ1n) is 9.24. The molecule has 1 aromatic rings. The molecule has 0 aromatic heterocycles. The van der Waals surface area contributed by atoms with E-state index < -0.39 is 0 Å². The fourth-order valence-electron chi connectivity index (χ4n) is 3.65. The third-order valence-corrected chi connectivity index (χ3v) is 5.50. The van der Waals surface area contributed by atoms with E-state index in [1.165, 1.54) is 0 Å². The molecule has 1 aromatic carbocycles.